The first-order valence-corrected chi connectivity index (χ1v) is 10.4. The lowest BCUT2D eigenvalue weighted by Crippen LogP contribution is -2.24. The molecule has 0 radical (unpaired) electrons. The van der Waals surface area contributed by atoms with E-state index in [1.807, 2.05) is 0 Å². The van der Waals surface area contributed by atoms with Crippen molar-refractivity contribution >= 4 is 27.3 Å². The number of alkyl halides is 3. The number of carbonyl (C=O) groups excluding carboxylic acids is 1. The summed E-state index contributed by atoms with van der Waals surface area (Å²) < 4.78 is 66.0. The molecule has 0 bridgehead atoms. The summed E-state index contributed by atoms with van der Waals surface area (Å²) in [6.45, 7) is -1.10. The average Bonchev–Trinajstić information content (AvgIpc) is 3.01. The van der Waals surface area contributed by atoms with Crippen LogP contribution in [-0.2, 0) is 21.4 Å². The number of hydrogen-bond acceptors (Lipinski definition) is 4. The number of rotatable bonds is 6. The molecule has 1 amide bonds. The summed E-state index contributed by atoms with van der Waals surface area (Å²) in [7, 11) is -3.26. The van der Waals surface area contributed by atoms with E-state index in [1.165, 1.54) is 28.6 Å². The minimum Gasteiger partial charge on any atom is -0.367 e. The highest BCUT2D eigenvalue weighted by Gasteiger charge is 2.28. The summed E-state index contributed by atoms with van der Waals surface area (Å²) >= 11 is 0. The normalized spacial score (nSPS) is 16.0. The van der Waals surface area contributed by atoms with Gasteiger partial charge in [0.25, 0.3) is 5.91 Å². The van der Waals surface area contributed by atoms with Crippen molar-refractivity contribution in [1.29, 1.82) is 0 Å². The molecule has 0 saturated carbocycles. The van der Waals surface area contributed by atoms with Crippen LogP contribution < -0.4 is 9.62 Å². The van der Waals surface area contributed by atoms with Crippen molar-refractivity contribution in [3.05, 3.63) is 59.7 Å². The van der Waals surface area contributed by atoms with Gasteiger partial charge in [0.2, 0.25) is 10.0 Å². The molecule has 0 aliphatic carbocycles. The van der Waals surface area contributed by atoms with Crippen LogP contribution in [0.1, 0.15) is 22.3 Å². The molecular formula is C19H19F3N2O4S. The van der Waals surface area contributed by atoms with Gasteiger partial charge >= 0.3 is 6.18 Å². The molecule has 1 saturated heterocycles. The second-order valence-electron chi connectivity index (χ2n) is 6.55. The minimum atomic E-state index is -4.38. The summed E-state index contributed by atoms with van der Waals surface area (Å²) in [6, 6.07) is 12.5. The number of benzene rings is 2. The van der Waals surface area contributed by atoms with E-state index in [9.17, 15) is 26.4 Å². The molecule has 3 rings (SSSR count). The third-order valence-corrected chi connectivity index (χ3v) is 6.13. The lowest BCUT2D eigenvalue weighted by atomic mass is 10.1. The molecule has 156 valence electrons. The number of nitrogens with zero attached hydrogens (tertiary/aromatic N) is 1. The second-order valence-corrected chi connectivity index (χ2v) is 8.56. The Morgan fingerprint density at radius 3 is 2.28 bits per heavy atom. The smallest absolute Gasteiger partial charge is 0.367 e. The molecule has 0 aromatic heterocycles. The predicted molar refractivity (Wildman–Crippen MR) is 102 cm³/mol. The summed E-state index contributed by atoms with van der Waals surface area (Å²) in [6.07, 6.45) is -3.80. The Balaban J connectivity index is 1.57. The summed E-state index contributed by atoms with van der Waals surface area (Å²) in [5.41, 5.74) is 1.88. The van der Waals surface area contributed by atoms with E-state index < -0.39 is 28.7 Å². The van der Waals surface area contributed by atoms with E-state index in [2.05, 4.69) is 10.1 Å². The molecule has 1 aliphatic rings. The molecular weight excluding hydrogens is 409 g/mol. The lowest BCUT2D eigenvalue weighted by molar-refractivity contribution is -0.176. The number of ether oxygens (including phenoxy) is 1. The first kappa shape index (κ1) is 21.1. The number of sulfonamides is 1. The molecule has 1 N–H and O–H groups in total. The lowest BCUT2D eigenvalue weighted by Gasteiger charge is -2.17. The minimum absolute atomic E-state index is 0.128. The van der Waals surface area contributed by atoms with Gasteiger partial charge in [0, 0.05) is 17.8 Å². The summed E-state index contributed by atoms with van der Waals surface area (Å²) in [4.78, 5) is 12.3. The van der Waals surface area contributed by atoms with Crippen LogP contribution in [0.5, 0.6) is 0 Å². The van der Waals surface area contributed by atoms with Gasteiger partial charge in [-0.25, -0.2) is 8.42 Å². The molecule has 1 heterocycles. The number of nitrogens with one attached hydrogen (secondary N) is 1. The number of amides is 1. The average molecular weight is 428 g/mol. The third kappa shape index (κ3) is 5.70. The monoisotopic (exact) mass is 428 g/mol. The summed E-state index contributed by atoms with van der Waals surface area (Å²) in [5, 5.41) is 2.69. The van der Waals surface area contributed by atoms with E-state index >= 15 is 0 Å². The predicted octanol–water partition coefficient (Wildman–Crippen LogP) is 3.56. The van der Waals surface area contributed by atoms with Gasteiger partial charge in [-0.15, -0.1) is 0 Å². The molecule has 0 spiro atoms. The van der Waals surface area contributed by atoms with Crippen molar-refractivity contribution in [2.75, 3.05) is 28.5 Å². The Morgan fingerprint density at radius 1 is 1.07 bits per heavy atom. The molecule has 29 heavy (non-hydrogen) atoms. The zero-order chi connectivity index (χ0) is 21.1. The molecule has 2 aromatic rings. The van der Waals surface area contributed by atoms with Gasteiger partial charge in [-0.2, -0.15) is 13.2 Å². The second kappa shape index (κ2) is 8.42. The van der Waals surface area contributed by atoms with Gasteiger partial charge in [-0.1, -0.05) is 12.1 Å². The fourth-order valence-electron chi connectivity index (χ4n) is 2.88. The molecule has 0 unspecified atom stereocenters. The SMILES string of the molecule is O=C(Nc1ccc(N2CCCS2(=O)=O)cc1)c1ccc(COCC(F)(F)F)cc1. The van der Waals surface area contributed by atoms with Gasteiger partial charge < -0.3 is 10.1 Å². The number of anilines is 2. The highest BCUT2D eigenvalue weighted by atomic mass is 32.2. The topological polar surface area (TPSA) is 75.7 Å². The van der Waals surface area contributed by atoms with E-state index in [4.69, 9.17) is 0 Å². The molecule has 2 aromatic carbocycles. The molecule has 1 aliphatic heterocycles. The van der Waals surface area contributed by atoms with Crippen molar-refractivity contribution in [3.8, 4) is 0 Å². The Morgan fingerprint density at radius 2 is 1.72 bits per heavy atom. The van der Waals surface area contributed by atoms with Crippen LogP contribution in [-0.4, -0.2) is 39.4 Å². The number of halogens is 3. The molecule has 0 atom stereocenters. The number of hydrogen-bond donors (Lipinski definition) is 1. The fraction of sp³-hybridized carbons (Fsp3) is 0.316. The van der Waals surface area contributed by atoms with Gasteiger partial charge in [-0.05, 0) is 48.4 Å². The van der Waals surface area contributed by atoms with Crippen LogP contribution >= 0.6 is 0 Å². The molecule has 1 fully saturated rings. The van der Waals surface area contributed by atoms with Gasteiger partial charge in [0.05, 0.1) is 18.0 Å². The quantitative estimate of drug-likeness (QED) is 0.764. The zero-order valence-electron chi connectivity index (χ0n) is 15.3. The first-order valence-electron chi connectivity index (χ1n) is 8.79. The Kier molecular flexibility index (Phi) is 6.13. The number of carbonyl (C=O) groups is 1. The van der Waals surface area contributed by atoms with Gasteiger partial charge in [-0.3, -0.25) is 9.10 Å². The third-order valence-electron chi connectivity index (χ3n) is 4.26. The van der Waals surface area contributed by atoms with Crippen LogP contribution in [0.4, 0.5) is 24.5 Å². The maximum absolute atomic E-state index is 12.3. The fourth-order valence-corrected chi connectivity index (χ4v) is 4.45. The van der Waals surface area contributed by atoms with E-state index in [-0.39, 0.29) is 12.4 Å². The van der Waals surface area contributed by atoms with Gasteiger partial charge in [0.1, 0.15) is 6.61 Å². The van der Waals surface area contributed by atoms with Crippen LogP contribution in [0, 0.1) is 0 Å². The highest BCUT2D eigenvalue weighted by molar-refractivity contribution is 7.93. The van der Waals surface area contributed by atoms with Crippen LogP contribution in [0.3, 0.4) is 0 Å². The maximum atomic E-state index is 12.3. The summed E-state index contributed by atoms with van der Waals surface area (Å²) in [5.74, 6) is -0.266. The van der Waals surface area contributed by atoms with Gasteiger partial charge in [0.15, 0.2) is 0 Å². The van der Waals surface area contributed by atoms with Crippen molar-refractivity contribution in [3.63, 3.8) is 0 Å². The maximum Gasteiger partial charge on any atom is 0.411 e. The standard InChI is InChI=1S/C19H19F3N2O4S/c20-19(21,22)13-28-12-14-2-4-15(5-3-14)18(25)23-16-6-8-17(9-7-16)24-10-1-11-29(24,26)27/h2-9H,1,10-13H2,(H,23,25). The largest absolute Gasteiger partial charge is 0.411 e. The van der Waals surface area contributed by atoms with Crippen molar-refractivity contribution < 1.29 is 31.1 Å². The zero-order valence-corrected chi connectivity index (χ0v) is 16.1. The Labute approximate surface area is 166 Å². The molecule has 10 heteroatoms. The highest BCUT2D eigenvalue weighted by Crippen LogP contribution is 2.25. The molecule has 6 nitrogen and oxygen atoms in total. The van der Waals surface area contributed by atoms with Crippen molar-refractivity contribution in [1.82, 2.24) is 0 Å². The van der Waals surface area contributed by atoms with Crippen LogP contribution in [0.2, 0.25) is 0 Å². The Bertz CT molecular complexity index is 958. The first-order chi connectivity index (χ1) is 13.6. The van der Waals surface area contributed by atoms with Crippen molar-refractivity contribution in [2.45, 2.75) is 19.2 Å². The van der Waals surface area contributed by atoms with Crippen LogP contribution in [0.15, 0.2) is 48.5 Å². The van der Waals surface area contributed by atoms with E-state index in [1.54, 1.807) is 24.3 Å². The Hall–Kier alpha value is -2.59. The van der Waals surface area contributed by atoms with E-state index in [0.29, 0.717) is 35.5 Å². The van der Waals surface area contributed by atoms with Crippen LogP contribution in [0.25, 0.3) is 0 Å². The van der Waals surface area contributed by atoms with Crippen molar-refractivity contribution in [2.24, 2.45) is 0 Å². The van der Waals surface area contributed by atoms with E-state index in [0.717, 1.165) is 0 Å².